The molecule has 2 rings (SSSR count). The lowest BCUT2D eigenvalue weighted by Gasteiger charge is -2.10. The molecule has 108 valence electrons. The third-order valence-corrected chi connectivity index (χ3v) is 3.09. The van der Waals surface area contributed by atoms with Gasteiger partial charge in [0.05, 0.1) is 16.8 Å². The van der Waals surface area contributed by atoms with Gasteiger partial charge in [-0.2, -0.15) is 0 Å². The molecule has 3 N–H and O–H groups in total. The molecule has 0 bridgehead atoms. The average molecular weight is 306 g/mol. The highest BCUT2D eigenvalue weighted by atomic mass is 35.5. The van der Waals surface area contributed by atoms with Crippen LogP contribution in [0.4, 0.5) is 5.69 Å². The molecule has 1 amide bonds. The second-order valence-electron chi connectivity index (χ2n) is 4.47. The van der Waals surface area contributed by atoms with Gasteiger partial charge in [-0.25, -0.2) is 4.79 Å². The summed E-state index contributed by atoms with van der Waals surface area (Å²) in [7, 11) is 0. The van der Waals surface area contributed by atoms with Gasteiger partial charge >= 0.3 is 5.97 Å². The van der Waals surface area contributed by atoms with Crippen LogP contribution in [-0.4, -0.2) is 22.1 Å². The fourth-order valence-corrected chi connectivity index (χ4v) is 2.00. The van der Waals surface area contributed by atoms with Crippen molar-refractivity contribution in [3.05, 3.63) is 58.1 Å². The van der Waals surface area contributed by atoms with Gasteiger partial charge in [-0.15, -0.1) is 0 Å². The van der Waals surface area contributed by atoms with Gasteiger partial charge in [0.25, 0.3) is 5.91 Å². The molecule has 0 fully saturated rings. The third kappa shape index (κ3) is 3.32. The highest BCUT2D eigenvalue weighted by Gasteiger charge is 2.16. The molecule has 2 aromatic rings. The molecular formula is C15H12ClNO4. The third-order valence-electron chi connectivity index (χ3n) is 2.86. The van der Waals surface area contributed by atoms with Crippen molar-refractivity contribution < 1.29 is 19.8 Å². The van der Waals surface area contributed by atoms with E-state index >= 15 is 0 Å². The molecule has 2 aromatic carbocycles. The van der Waals surface area contributed by atoms with Crippen LogP contribution in [0.2, 0.25) is 5.02 Å². The molecule has 0 aliphatic carbocycles. The van der Waals surface area contributed by atoms with E-state index in [1.807, 2.05) is 0 Å². The fourth-order valence-electron chi connectivity index (χ4n) is 1.82. The van der Waals surface area contributed by atoms with Crippen molar-refractivity contribution in [3.63, 3.8) is 0 Å². The number of carbonyl (C=O) groups excluding carboxylic acids is 1. The SMILES string of the molecule is Cc1ccc(O)c(C(=O)Nc2ccc(Cl)cc2C(=O)O)c1. The molecule has 0 aliphatic heterocycles. The van der Waals surface area contributed by atoms with Gasteiger partial charge in [0, 0.05) is 5.02 Å². The summed E-state index contributed by atoms with van der Waals surface area (Å²) in [4.78, 5) is 23.3. The van der Waals surface area contributed by atoms with Gasteiger partial charge in [-0.3, -0.25) is 4.79 Å². The number of phenolic OH excluding ortho intramolecular Hbond substituents is 1. The number of phenols is 1. The number of amides is 1. The van der Waals surface area contributed by atoms with Crippen LogP contribution in [0.3, 0.4) is 0 Å². The van der Waals surface area contributed by atoms with Crippen molar-refractivity contribution in [2.45, 2.75) is 6.92 Å². The number of aromatic carboxylic acids is 1. The Morgan fingerprint density at radius 1 is 1.10 bits per heavy atom. The number of carboxylic acid groups (broad SMARTS) is 1. The van der Waals surface area contributed by atoms with E-state index in [9.17, 15) is 14.7 Å². The number of hydrogen-bond acceptors (Lipinski definition) is 3. The Morgan fingerprint density at radius 2 is 1.81 bits per heavy atom. The summed E-state index contributed by atoms with van der Waals surface area (Å²) in [5, 5.41) is 21.5. The standard InChI is InChI=1S/C15H12ClNO4/c1-8-2-5-13(18)11(6-8)14(19)17-12-4-3-9(16)7-10(12)15(20)21/h2-7,18H,1H3,(H,17,19)(H,20,21). The molecule has 0 heterocycles. The number of carboxylic acids is 1. The molecule has 0 atom stereocenters. The number of aryl methyl sites for hydroxylation is 1. The van der Waals surface area contributed by atoms with E-state index < -0.39 is 11.9 Å². The quantitative estimate of drug-likeness (QED) is 0.812. The van der Waals surface area contributed by atoms with Crippen molar-refractivity contribution in [1.29, 1.82) is 0 Å². The second kappa shape index (κ2) is 5.85. The second-order valence-corrected chi connectivity index (χ2v) is 4.91. The predicted octanol–water partition coefficient (Wildman–Crippen LogP) is 3.30. The van der Waals surface area contributed by atoms with Crippen LogP contribution in [0, 0.1) is 6.92 Å². The zero-order valence-electron chi connectivity index (χ0n) is 11.1. The van der Waals surface area contributed by atoms with E-state index in [0.717, 1.165) is 5.56 Å². The van der Waals surface area contributed by atoms with E-state index in [0.29, 0.717) is 0 Å². The Hall–Kier alpha value is -2.53. The minimum Gasteiger partial charge on any atom is -0.507 e. The number of aromatic hydroxyl groups is 1. The summed E-state index contributed by atoms with van der Waals surface area (Å²) in [6.07, 6.45) is 0. The molecule has 0 unspecified atom stereocenters. The Balaban J connectivity index is 2.36. The number of carbonyl (C=O) groups is 2. The number of hydrogen-bond donors (Lipinski definition) is 3. The van der Waals surface area contributed by atoms with E-state index in [1.165, 1.54) is 30.3 Å². The molecule has 0 aliphatic rings. The molecule has 0 spiro atoms. The monoisotopic (exact) mass is 305 g/mol. The number of halogens is 1. The van der Waals surface area contributed by atoms with Gasteiger partial charge in [0.15, 0.2) is 0 Å². The molecule has 6 heteroatoms. The molecule has 5 nitrogen and oxygen atoms in total. The van der Waals surface area contributed by atoms with E-state index in [1.54, 1.807) is 13.0 Å². The minimum absolute atomic E-state index is 0.0706. The number of nitrogens with one attached hydrogen (secondary N) is 1. The number of anilines is 1. The smallest absolute Gasteiger partial charge is 0.337 e. The maximum atomic E-state index is 12.1. The zero-order valence-corrected chi connectivity index (χ0v) is 11.8. The first-order valence-electron chi connectivity index (χ1n) is 6.02. The van der Waals surface area contributed by atoms with Gasteiger partial charge in [0.2, 0.25) is 0 Å². The Kier molecular flexibility index (Phi) is 4.14. The summed E-state index contributed by atoms with van der Waals surface area (Å²) in [6, 6.07) is 8.70. The summed E-state index contributed by atoms with van der Waals surface area (Å²) in [6.45, 7) is 1.78. The average Bonchev–Trinajstić information content (AvgIpc) is 2.43. The van der Waals surface area contributed by atoms with Crippen LogP contribution >= 0.6 is 11.6 Å². The Bertz CT molecular complexity index is 728. The topological polar surface area (TPSA) is 86.6 Å². The molecule has 0 saturated carbocycles. The molecular weight excluding hydrogens is 294 g/mol. The van der Waals surface area contributed by atoms with E-state index in [2.05, 4.69) is 5.32 Å². The van der Waals surface area contributed by atoms with Gasteiger partial charge in [0.1, 0.15) is 5.75 Å². The number of benzene rings is 2. The van der Waals surface area contributed by atoms with Gasteiger partial charge in [-0.1, -0.05) is 23.2 Å². The highest BCUT2D eigenvalue weighted by Crippen LogP contribution is 2.24. The normalized spacial score (nSPS) is 10.2. The van der Waals surface area contributed by atoms with Crippen LogP contribution in [0.5, 0.6) is 5.75 Å². The maximum Gasteiger partial charge on any atom is 0.337 e. The van der Waals surface area contributed by atoms with Crippen LogP contribution in [-0.2, 0) is 0 Å². The lowest BCUT2D eigenvalue weighted by molar-refractivity contribution is 0.0698. The number of rotatable bonds is 3. The van der Waals surface area contributed by atoms with Crippen molar-refractivity contribution >= 4 is 29.2 Å². The van der Waals surface area contributed by atoms with Gasteiger partial charge in [-0.05, 0) is 37.3 Å². The summed E-state index contributed by atoms with van der Waals surface area (Å²) >= 11 is 5.74. The minimum atomic E-state index is -1.21. The lowest BCUT2D eigenvalue weighted by Crippen LogP contribution is -2.15. The molecule has 0 saturated heterocycles. The molecule has 0 radical (unpaired) electrons. The predicted molar refractivity (Wildman–Crippen MR) is 79.2 cm³/mol. The van der Waals surface area contributed by atoms with Crippen LogP contribution in [0.1, 0.15) is 26.3 Å². The first-order chi connectivity index (χ1) is 9.88. The molecule has 0 aromatic heterocycles. The summed E-state index contributed by atoms with van der Waals surface area (Å²) < 4.78 is 0. The maximum absolute atomic E-state index is 12.1. The van der Waals surface area contributed by atoms with E-state index in [-0.39, 0.29) is 27.6 Å². The van der Waals surface area contributed by atoms with Crippen LogP contribution in [0.25, 0.3) is 0 Å². The van der Waals surface area contributed by atoms with Crippen LogP contribution in [0.15, 0.2) is 36.4 Å². The molecule has 21 heavy (non-hydrogen) atoms. The fraction of sp³-hybridized carbons (Fsp3) is 0.0667. The van der Waals surface area contributed by atoms with Crippen molar-refractivity contribution in [1.82, 2.24) is 0 Å². The van der Waals surface area contributed by atoms with Crippen molar-refractivity contribution in [2.75, 3.05) is 5.32 Å². The highest BCUT2D eigenvalue weighted by molar-refractivity contribution is 6.31. The Labute approximate surface area is 125 Å². The summed E-state index contributed by atoms with van der Waals surface area (Å²) in [5.41, 5.74) is 0.856. The van der Waals surface area contributed by atoms with Gasteiger partial charge < -0.3 is 15.5 Å². The van der Waals surface area contributed by atoms with Crippen molar-refractivity contribution in [3.8, 4) is 5.75 Å². The first kappa shape index (κ1) is 14.9. The largest absolute Gasteiger partial charge is 0.507 e. The Morgan fingerprint density at radius 3 is 2.48 bits per heavy atom. The first-order valence-corrected chi connectivity index (χ1v) is 6.40. The van der Waals surface area contributed by atoms with E-state index in [4.69, 9.17) is 16.7 Å². The lowest BCUT2D eigenvalue weighted by atomic mass is 10.1. The van der Waals surface area contributed by atoms with Crippen molar-refractivity contribution in [2.24, 2.45) is 0 Å². The summed E-state index contributed by atoms with van der Waals surface area (Å²) in [5.74, 6) is -1.98. The van der Waals surface area contributed by atoms with Crippen LogP contribution < -0.4 is 5.32 Å². The zero-order chi connectivity index (χ0) is 15.6.